The summed E-state index contributed by atoms with van der Waals surface area (Å²) in [5.74, 6) is 1.72. The number of thiophene rings is 1. The Balaban J connectivity index is 1.44. The highest BCUT2D eigenvalue weighted by molar-refractivity contribution is 7.16. The Morgan fingerprint density at radius 1 is 1.09 bits per heavy atom. The number of hydrogen-bond acceptors (Lipinski definition) is 7. The van der Waals surface area contributed by atoms with Gasteiger partial charge in [-0.3, -0.25) is 9.69 Å². The monoisotopic (exact) mass is 493 g/mol. The predicted molar refractivity (Wildman–Crippen MR) is 136 cm³/mol. The van der Waals surface area contributed by atoms with Crippen molar-refractivity contribution in [1.82, 2.24) is 9.80 Å². The number of benzene rings is 1. The Morgan fingerprint density at radius 2 is 1.91 bits per heavy atom. The minimum absolute atomic E-state index is 0.0357. The highest BCUT2D eigenvalue weighted by Gasteiger charge is 2.34. The number of piperazine rings is 1. The van der Waals surface area contributed by atoms with E-state index in [1.165, 1.54) is 40.7 Å². The van der Waals surface area contributed by atoms with Crippen molar-refractivity contribution in [2.45, 2.75) is 38.6 Å². The molecular weight excluding hydrogens is 462 g/mol. The lowest BCUT2D eigenvalue weighted by Gasteiger charge is -2.40. The summed E-state index contributed by atoms with van der Waals surface area (Å²) in [4.78, 5) is 19.5. The van der Waals surface area contributed by atoms with Crippen LogP contribution in [-0.4, -0.2) is 55.2 Å². The van der Waals surface area contributed by atoms with Crippen LogP contribution < -0.4 is 14.8 Å². The van der Waals surface area contributed by atoms with Gasteiger partial charge in [0.1, 0.15) is 5.00 Å². The number of furan rings is 1. The zero-order chi connectivity index (χ0) is 23.8. The molecule has 1 saturated heterocycles. The fourth-order valence-corrected chi connectivity index (χ4v) is 6.84. The molecule has 2 aliphatic heterocycles. The van der Waals surface area contributed by atoms with Gasteiger partial charge in [-0.15, -0.1) is 11.3 Å². The number of carbonyl (C=O) groups excluding carboxylic acids is 1. The van der Waals surface area contributed by atoms with Crippen LogP contribution in [0.4, 0.5) is 5.00 Å². The minimum atomic E-state index is -0.199. The molecular formula is C27H31N3O4S. The lowest BCUT2D eigenvalue weighted by atomic mass is 9.88. The number of hydrogen-bond donors (Lipinski definition) is 1. The summed E-state index contributed by atoms with van der Waals surface area (Å²) >= 11 is 1.74. The lowest BCUT2D eigenvalue weighted by molar-refractivity contribution is 0.0995. The van der Waals surface area contributed by atoms with Crippen LogP contribution in [0, 0.1) is 0 Å². The van der Waals surface area contributed by atoms with Gasteiger partial charge in [-0.2, -0.15) is 0 Å². The topological polar surface area (TPSA) is 67.2 Å². The second-order valence-electron chi connectivity index (χ2n) is 9.37. The van der Waals surface area contributed by atoms with Gasteiger partial charge in [-0.05, 0) is 67.6 Å². The minimum Gasteiger partial charge on any atom is -0.459 e. The van der Waals surface area contributed by atoms with Crippen LogP contribution >= 0.6 is 11.3 Å². The average Bonchev–Trinajstić information content (AvgIpc) is 3.65. The second kappa shape index (κ2) is 9.68. The molecule has 6 rings (SSSR count). The fourth-order valence-electron chi connectivity index (χ4n) is 5.53. The van der Waals surface area contributed by atoms with Crippen molar-refractivity contribution in [1.29, 1.82) is 0 Å². The van der Waals surface area contributed by atoms with Gasteiger partial charge in [-0.1, -0.05) is 13.0 Å². The van der Waals surface area contributed by atoms with Gasteiger partial charge in [0.2, 0.25) is 6.79 Å². The van der Waals surface area contributed by atoms with Gasteiger partial charge in [0, 0.05) is 36.6 Å². The van der Waals surface area contributed by atoms with Gasteiger partial charge in [0.05, 0.1) is 12.3 Å². The Kier molecular flexibility index (Phi) is 6.26. The maximum Gasteiger partial charge on any atom is 0.291 e. The third kappa shape index (κ3) is 4.35. The van der Waals surface area contributed by atoms with E-state index in [0.717, 1.165) is 62.1 Å². The molecule has 1 fully saturated rings. The first-order chi connectivity index (χ1) is 17.2. The van der Waals surface area contributed by atoms with Gasteiger partial charge in [-0.25, -0.2) is 0 Å². The molecule has 4 heterocycles. The van der Waals surface area contributed by atoms with Crippen LogP contribution in [0.3, 0.4) is 0 Å². The van der Waals surface area contributed by atoms with Crippen LogP contribution in [0.25, 0.3) is 0 Å². The molecule has 1 aromatic carbocycles. The highest BCUT2D eigenvalue weighted by atomic mass is 32.1. The molecule has 184 valence electrons. The Morgan fingerprint density at radius 3 is 2.71 bits per heavy atom. The number of carbonyl (C=O) groups is 1. The summed E-state index contributed by atoms with van der Waals surface area (Å²) in [7, 11) is 0. The van der Waals surface area contributed by atoms with Crippen LogP contribution in [0.1, 0.15) is 57.9 Å². The zero-order valence-electron chi connectivity index (χ0n) is 20.0. The molecule has 2 aromatic heterocycles. The summed E-state index contributed by atoms with van der Waals surface area (Å²) in [6.45, 7) is 7.59. The molecule has 0 spiro atoms. The molecule has 35 heavy (non-hydrogen) atoms. The molecule has 0 bridgehead atoms. The summed E-state index contributed by atoms with van der Waals surface area (Å²) in [6.07, 6.45) is 6.04. The van der Waals surface area contributed by atoms with Crippen molar-refractivity contribution < 1.29 is 18.7 Å². The van der Waals surface area contributed by atoms with E-state index in [4.69, 9.17) is 13.9 Å². The van der Waals surface area contributed by atoms with E-state index in [-0.39, 0.29) is 18.7 Å². The van der Waals surface area contributed by atoms with E-state index in [2.05, 4.69) is 34.2 Å². The number of anilines is 1. The van der Waals surface area contributed by atoms with E-state index >= 15 is 0 Å². The number of ether oxygens (including phenoxy) is 2. The van der Waals surface area contributed by atoms with Crippen LogP contribution in [-0.2, 0) is 12.8 Å². The Labute approximate surface area is 209 Å². The van der Waals surface area contributed by atoms with Crippen molar-refractivity contribution in [2.24, 2.45) is 0 Å². The molecule has 0 saturated carbocycles. The van der Waals surface area contributed by atoms with Crippen LogP contribution in [0.2, 0.25) is 0 Å². The molecule has 0 unspecified atom stereocenters. The fraction of sp³-hybridized carbons (Fsp3) is 0.444. The Hall–Kier alpha value is -2.81. The van der Waals surface area contributed by atoms with Gasteiger partial charge < -0.3 is 24.1 Å². The van der Waals surface area contributed by atoms with Gasteiger partial charge in [0.25, 0.3) is 5.91 Å². The third-order valence-electron chi connectivity index (χ3n) is 7.39. The molecule has 1 amide bonds. The third-order valence-corrected chi connectivity index (χ3v) is 8.61. The number of likely N-dealkylation sites (N-methyl/N-ethyl adjacent to an activating group) is 1. The van der Waals surface area contributed by atoms with Crippen molar-refractivity contribution in [3.63, 3.8) is 0 Å². The summed E-state index contributed by atoms with van der Waals surface area (Å²) < 4.78 is 16.7. The molecule has 3 aromatic rings. The van der Waals surface area contributed by atoms with Crippen molar-refractivity contribution in [3.8, 4) is 11.5 Å². The molecule has 0 radical (unpaired) electrons. The molecule has 1 aliphatic carbocycles. The highest BCUT2D eigenvalue weighted by Crippen LogP contribution is 2.47. The first kappa shape index (κ1) is 22.6. The molecule has 8 heteroatoms. The predicted octanol–water partition coefficient (Wildman–Crippen LogP) is 4.93. The van der Waals surface area contributed by atoms with E-state index in [9.17, 15) is 4.79 Å². The number of nitrogens with zero attached hydrogens (tertiary/aromatic N) is 2. The average molecular weight is 494 g/mol. The molecule has 1 N–H and O–H groups in total. The standard InChI is InChI=1S/C27H31N3O4S/c1-2-29-11-13-30(14-12-29)25(18-9-10-20-22(16-18)34-17-33-20)24-19-6-3-4-8-23(19)35-27(24)28-26(31)21-7-5-15-32-21/h5,7,9-10,15-16,25H,2-4,6,8,11-14,17H2,1H3,(H,28,31)/t25-/m0/s1. The Bertz CT molecular complexity index is 1200. The summed E-state index contributed by atoms with van der Waals surface area (Å²) in [6, 6.07) is 9.81. The quantitative estimate of drug-likeness (QED) is 0.525. The first-order valence-electron chi connectivity index (χ1n) is 12.6. The molecule has 1 atom stereocenters. The number of rotatable bonds is 6. The van der Waals surface area contributed by atoms with Crippen LogP contribution in [0.5, 0.6) is 11.5 Å². The molecule has 3 aliphatic rings. The molecule has 7 nitrogen and oxygen atoms in total. The number of nitrogens with one attached hydrogen (secondary N) is 1. The number of amides is 1. The van der Waals surface area contributed by atoms with E-state index < -0.39 is 0 Å². The summed E-state index contributed by atoms with van der Waals surface area (Å²) in [5, 5.41) is 4.17. The number of aryl methyl sites for hydroxylation is 1. The maximum absolute atomic E-state index is 13.1. The normalized spacial score (nSPS) is 18.9. The van der Waals surface area contributed by atoms with Crippen molar-refractivity contribution in [2.75, 3.05) is 44.8 Å². The first-order valence-corrected chi connectivity index (χ1v) is 13.4. The zero-order valence-corrected chi connectivity index (χ0v) is 20.9. The number of fused-ring (bicyclic) bond motifs is 2. The van der Waals surface area contributed by atoms with Crippen LogP contribution in [0.15, 0.2) is 41.0 Å². The smallest absolute Gasteiger partial charge is 0.291 e. The SMILES string of the molecule is CCN1CCN([C@@H](c2ccc3c(c2)OCO3)c2c(NC(=O)c3ccco3)sc3c2CCCC3)CC1. The van der Waals surface area contributed by atoms with E-state index in [0.29, 0.717) is 5.76 Å². The maximum atomic E-state index is 13.1. The largest absolute Gasteiger partial charge is 0.459 e. The van der Waals surface area contributed by atoms with E-state index in [1.807, 2.05) is 6.07 Å². The van der Waals surface area contributed by atoms with Gasteiger partial charge >= 0.3 is 0 Å². The van der Waals surface area contributed by atoms with Gasteiger partial charge in [0.15, 0.2) is 17.3 Å². The van der Waals surface area contributed by atoms with Crippen molar-refractivity contribution >= 4 is 22.2 Å². The van der Waals surface area contributed by atoms with Crippen molar-refractivity contribution in [3.05, 3.63) is 63.9 Å². The summed E-state index contributed by atoms with van der Waals surface area (Å²) in [5.41, 5.74) is 3.84. The second-order valence-corrected chi connectivity index (χ2v) is 10.5. The lowest BCUT2D eigenvalue weighted by Crippen LogP contribution is -2.47. The van der Waals surface area contributed by atoms with E-state index in [1.54, 1.807) is 23.5 Å².